The Hall–Kier alpha value is -1.02. The fraction of sp³-hybridized carbons (Fsp3) is 0.636. The molecule has 0 radical (unpaired) electrons. The Bertz CT molecular complexity index is 434. The summed E-state index contributed by atoms with van der Waals surface area (Å²) in [7, 11) is 0. The van der Waals surface area contributed by atoms with E-state index in [1.807, 2.05) is 13.2 Å². The fourth-order valence-electron chi connectivity index (χ4n) is 1.36. The summed E-state index contributed by atoms with van der Waals surface area (Å²) in [6, 6.07) is 0. The number of thioether (sulfide) groups is 2. The highest BCUT2D eigenvalue weighted by Crippen LogP contribution is 2.13. The second kappa shape index (κ2) is 8.98. The fourth-order valence-corrected chi connectivity index (χ4v) is 2.78. The van der Waals surface area contributed by atoms with Crippen molar-refractivity contribution in [3.63, 3.8) is 0 Å². The standard InChI is InChI=1S/C11H18N4O2S2/c1-9-10(14-8-13-9)7-19-5-3-4-12-11(18-2)6-15(16)17/h8H,3-7H2,1-2H3,(H,13,14). The molecule has 6 nitrogen and oxygen atoms in total. The van der Waals surface area contributed by atoms with Gasteiger partial charge in [-0.25, -0.2) is 4.98 Å². The Balaban J connectivity index is 2.15. The number of rotatable bonds is 8. The van der Waals surface area contributed by atoms with Gasteiger partial charge in [-0.05, 0) is 25.4 Å². The van der Waals surface area contributed by atoms with Crippen LogP contribution in [0.5, 0.6) is 0 Å². The average molecular weight is 302 g/mol. The van der Waals surface area contributed by atoms with E-state index in [9.17, 15) is 10.1 Å². The van der Waals surface area contributed by atoms with E-state index in [1.165, 1.54) is 11.8 Å². The lowest BCUT2D eigenvalue weighted by Crippen LogP contribution is -2.10. The summed E-state index contributed by atoms with van der Waals surface area (Å²) in [4.78, 5) is 21.5. The number of hydrogen-bond donors (Lipinski definition) is 1. The molecule has 0 aliphatic rings. The van der Waals surface area contributed by atoms with E-state index in [-0.39, 0.29) is 11.5 Å². The van der Waals surface area contributed by atoms with E-state index in [0.717, 1.165) is 29.3 Å². The summed E-state index contributed by atoms with van der Waals surface area (Å²) in [6.45, 7) is 2.49. The van der Waals surface area contributed by atoms with Crippen LogP contribution in [-0.4, -0.2) is 45.0 Å². The summed E-state index contributed by atoms with van der Waals surface area (Å²) < 4.78 is 0. The molecule has 0 spiro atoms. The molecule has 0 unspecified atom stereocenters. The number of nitrogens with one attached hydrogen (secondary N) is 1. The Labute approximate surface area is 121 Å². The predicted molar refractivity (Wildman–Crippen MR) is 81.8 cm³/mol. The molecule has 0 bridgehead atoms. The van der Waals surface area contributed by atoms with Gasteiger partial charge in [-0.3, -0.25) is 15.1 Å². The van der Waals surface area contributed by atoms with Crippen LogP contribution >= 0.6 is 23.5 Å². The Morgan fingerprint density at radius 1 is 1.63 bits per heavy atom. The molecular weight excluding hydrogens is 284 g/mol. The maximum atomic E-state index is 10.4. The molecule has 0 aromatic carbocycles. The number of nitrogens with zero attached hydrogens (tertiary/aromatic N) is 3. The quantitative estimate of drug-likeness (QED) is 0.262. The SMILES string of the molecule is CSC(C[N+](=O)[O-])=NCCCSCc1nc[nH]c1C. The number of imidazole rings is 1. The zero-order chi connectivity index (χ0) is 14.1. The first-order valence-corrected chi connectivity index (χ1v) is 8.27. The van der Waals surface area contributed by atoms with Crippen LogP contribution in [0.3, 0.4) is 0 Å². The molecular formula is C11H18N4O2S2. The van der Waals surface area contributed by atoms with Crippen LogP contribution in [0.2, 0.25) is 0 Å². The molecule has 1 aromatic heterocycles. The zero-order valence-electron chi connectivity index (χ0n) is 11.1. The van der Waals surface area contributed by atoms with Gasteiger partial charge in [0.2, 0.25) is 0 Å². The van der Waals surface area contributed by atoms with Crippen LogP contribution in [-0.2, 0) is 5.75 Å². The molecule has 0 amide bonds. The molecule has 1 N–H and O–H groups in total. The van der Waals surface area contributed by atoms with Crippen molar-refractivity contribution in [3.8, 4) is 0 Å². The monoisotopic (exact) mass is 302 g/mol. The third kappa shape index (κ3) is 6.63. The van der Waals surface area contributed by atoms with Crippen molar-refractivity contribution in [2.45, 2.75) is 19.1 Å². The van der Waals surface area contributed by atoms with Gasteiger partial charge in [-0.1, -0.05) is 0 Å². The molecule has 1 rings (SSSR count). The van der Waals surface area contributed by atoms with Crippen LogP contribution in [0.1, 0.15) is 17.8 Å². The van der Waals surface area contributed by atoms with Gasteiger partial charge >= 0.3 is 0 Å². The van der Waals surface area contributed by atoms with Gasteiger partial charge in [-0.15, -0.1) is 11.8 Å². The molecule has 0 aliphatic heterocycles. The summed E-state index contributed by atoms with van der Waals surface area (Å²) in [5, 5.41) is 11.0. The number of aromatic nitrogens is 2. The minimum atomic E-state index is -0.343. The van der Waals surface area contributed by atoms with Crippen LogP contribution in [0, 0.1) is 17.0 Å². The lowest BCUT2D eigenvalue weighted by atomic mass is 10.4. The van der Waals surface area contributed by atoms with E-state index >= 15 is 0 Å². The minimum Gasteiger partial charge on any atom is -0.348 e. The molecule has 0 atom stereocenters. The minimum absolute atomic E-state index is 0.166. The van der Waals surface area contributed by atoms with Crippen molar-refractivity contribution in [3.05, 3.63) is 27.8 Å². The van der Waals surface area contributed by atoms with E-state index in [2.05, 4.69) is 15.0 Å². The highest BCUT2D eigenvalue weighted by Gasteiger charge is 2.05. The first kappa shape index (κ1) is 16.0. The number of aromatic amines is 1. The largest absolute Gasteiger partial charge is 0.348 e. The topological polar surface area (TPSA) is 84.2 Å². The number of H-pyrrole nitrogens is 1. The van der Waals surface area contributed by atoms with Crippen LogP contribution in [0.4, 0.5) is 0 Å². The molecule has 8 heteroatoms. The average Bonchev–Trinajstić information content (AvgIpc) is 2.77. The number of aryl methyl sites for hydroxylation is 1. The molecule has 0 fully saturated rings. The van der Waals surface area contributed by atoms with Gasteiger partial charge in [0, 0.05) is 22.9 Å². The highest BCUT2D eigenvalue weighted by molar-refractivity contribution is 8.13. The van der Waals surface area contributed by atoms with Gasteiger partial charge in [0.1, 0.15) is 5.04 Å². The maximum absolute atomic E-state index is 10.4. The second-order valence-electron chi connectivity index (χ2n) is 3.85. The lowest BCUT2D eigenvalue weighted by molar-refractivity contribution is -0.462. The first-order chi connectivity index (χ1) is 9.13. The summed E-state index contributed by atoms with van der Waals surface area (Å²) in [6.07, 6.45) is 4.45. The lowest BCUT2D eigenvalue weighted by Gasteiger charge is -2.00. The molecule has 0 saturated heterocycles. The Morgan fingerprint density at radius 2 is 2.42 bits per heavy atom. The van der Waals surface area contributed by atoms with E-state index in [1.54, 1.807) is 18.1 Å². The van der Waals surface area contributed by atoms with Gasteiger partial charge in [0.15, 0.2) is 0 Å². The van der Waals surface area contributed by atoms with Gasteiger partial charge in [0.05, 0.1) is 12.0 Å². The Morgan fingerprint density at radius 3 is 3.00 bits per heavy atom. The normalized spacial score (nSPS) is 11.8. The molecule has 19 heavy (non-hydrogen) atoms. The number of nitro groups is 1. The first-order valence-electron chi connectivity index (χ1n) is 5.89. The van der Waals surface area contributed by atoms with Gasteiger partial charge in [-0.2, -0.15) is 11.8 Å². The van der Waals surface area contributed by atoms with Crippen molar-refractivity contribution in [2.24, 2.45) is 4.99 Å². The predicted octanol–water partition coefficient (Wildman–Crippen LogP) is 2.38. The molecule has 106 valence electrons. The molecule has 0 saturated carbocycles. The summed E-state index contributed by atoms with van der Waals surface area (Å²) in [5.74, 6) is 1.87. The van der Waals surface area contributed by atoms with Crippen LogP contribution < -0.4 is 0 Å². The Kier molecular flexibility index (Phi) is 7.57. The summed E-state index contributed by atoms with van der Waals surface area (Å²) in [5.41, 5.74) is 2.20. The number of hydrogen-bond acceptors (Lipinski definition) is 6. The van der Waals surface area contributed by atoms with Gasteiger partial charge < -0.3 is 4.98 Å². The third-order valence-corrected chi connectivity index (χ3v) is 4.19. The zero-order valence-corrected chi connectivity index (χ0v) is 12.7. The smallest absolute Gasteiger partial charge is 0.250 e. The van der Waals surface area contributed by atoms with E-state index < -0.39 is 0 Å². The van der Waals surface area contributed by atoms with Crippen molar-refractivity contribution < 1.29 is 4.92 Å². The maximum Gasteiger partial charge on any atom is 0.250 e. The summed E-state index contributed by atoms with van der Waals surface area (Å²) >= 11 is 3.16. The van der Waals surface area contributed by atoms with Crippen molar-refractivity contribution >= 4 is 28.6 Å². The van der Waals surface area contributed by atoms with E-state index in [4.69, 9.17) is 0 Å². The molecule has 0 aliphatic carbocycles. The molecule has 1 aromatic rings. The highest BCUT2D eigenvalue weighted by atomic mass is 32.2. The van der Waals surface area contributed by atoms with Gasteiger partial charge in [0.25, 0.3) is 6.54 Å². The van der Waals surface area contributed by atoms with Crippen molar-refractivity contribution in [1.82, 2.24) is 9.97 Å². The van der Waals surface area contributed by atoms with Crippen molar-refractivity contribution in [1.29, 1.82) is 0 Å². The van der Waals surface area contributed by atoms with Crippen molar-refractivity contribution in [2.75, 3.05) is 25.1 Å². The van der Waals surface area contributed by atoms with E-state index in [0.29, 0.717) is 11.6 Å². The number of aliphatic imine (C=N–C) groups is 1. The van der Waals surface area contributed by atoms with Crippen LogP contribution in [0.15, 0.2) is 11.3 Å². The molecule has 1 heterocycles. The second-order valence-corrected chi connectivity index (χ2v) is 5.84. The van der Waals surface area contributed by atoms with Crippen LogP contribution in [0.25, 0.3) is 0 Å². The third-order valence-electron chi connectivity index (χ3n) is 2.41.